The molecule has 0 saturated carbocycles. The van der Waals surface area contributed by atoms with E-state index >= 15 is 0 Å². The molecule has 1 nitrogen and oxygen atoms in total. The zero-order valence-corrected chi connectivity index (χ0v) is 4.96. The van der Waals surface area contributed by atoms with Crippen molar-refractivity contribution in [2.75, 3.05) is 11.8 Å². The Morgan fingerprint density at radius 3 is 3.00 bits per heavy atom. The van der Waals surface area contributed by atoms with Gasteiger partial charge in [-0.1, -0.05) is 18.2 Å². The molecule has 1 aromatic rings. The Hall–Kier alpha value is -0.980. The van der Waals surface area contributed by atoms with Crippen LogP contribution < -0.4 is 5.32 Å². The summed E-state index contributed by atoms with van der Waals surface area (Å²) in [6.07, 6.45) is 0. The first-order chi connectivity index (χ1) is 6.02. The molecular weight excluding hydrogens is 110 g/mol. The number of para-hydroxylation sites is 1. The average Bonchev–Trinajstić information content (AvgIpc) is 2.05. The normalized spacial score (nSPS) is 17.4. The molecule has 0 amide bonds. The van der Waals surface area contributed by atoms with E-state index < -0.39 is 13.4 Å². The molecule has 0 heterocycles. The second-order valence-electron chi connectivity index (χ2n) is 1.64. The van der Waals surface area contributed by atoms with Crippen LogP contribution in [0.5, 0.6) is 0 Å². The number of anilines is 1. The molecule has 0 atom stereocenters. The van der Waals surface area contributed by atoms with Gasteiger partial charge in [-0.15, -0.1) is 0 Å². The molecule has 9 heavy (non-hydrogen) atoms. The molecular formula is C8H11N. The number of rotatable bonds is 2. The van der Waals surface area contributed by atoms with E-state index in [4.69, 9.17) is 5.48 Å². The molecule has 0 aliphatic heterocycles. The summed E-state index contributed by atoms with van der Waals surface area (Å²) in [4.78, 5) is 0. The first-order valence-corrected chi connectivity index (χ1v) is 2.70. The molecule has 0 unspecified atom stereocenters. The van der Waals surface area contributed by atoms with E-state index in [1.807, 2.05) is 6.07 Å². The number of hydrogen-bond acceptors (Lipinski definition) is 1. The standard InChI is InChI=1S/C8H11N/c1-2-9-8-6-4-3-5-7-8/h3-7,9H,2H2,1H3/i1D2,2D2. The SMILES string of the molecule is [2H]C([2H])C([2H])([2H])Nc1ccccc1. The van der Waals surface area contributed by atoms with Crippen LogP contribution in [0.15, 0.2) is 30.3 Å². The Labute approximate surface area is 61.3 Å². The highest BCUT2D eigenvalue weighted by atomic mass is 14.8. The van der Waals surface area contributed by atoms with Gasteiger partial charge in [0.2, 0.25) is 0 Å². The number of hydrogen-bond donors (Lipinski definition) is 1. The Morgan fingerprint density at radius 2 is 2.33 bits per heavy atom. The van der Waals surface area contributed by atoms with Crippen molar-refractivity contribution in [3.8, 4) is 0 Å². The second kappa shape index (κ2) is 3.13. The molecule has 1 rings (SSSR count). The van der Waals surface area contributed by atoms with Crippen molar-refractivity contribution in [3.05, 3.63) is 30.3 Å². The van der Waals surface area contributed by atoms with Gasteiger partial charge in [-0.25, -0.2) is 0 Å². The van der Waals surface area contributed by atoms with Gasteiger partial charge in [-0.05, 0) is 19.0 Å². The summed E-state index contributed by atoms with van der Waals surface area (Å²) >= 11 is 0. The van der Waals surface area contributed by atoms with Crippen LogP contribution in [0.4, 0.5) is 5.69 Å². The molecule has 0 saturated heterocycles. The Morgan fingerprint density at radius 1 is 1.56 bits per heavy atom. The highest BCUT2D eigenvalue weighted by Gasteiger charge is 1.81. The summed E-state index contributed by atoms with van der Waals surface area (Å²) in [5.41, 5.74) is 0.581. The van der Waals surface area contributed by atoms with Gasteiger partial charge < -0.3 is 5.32 Å². The minimum Gasteiger partial charge on any atom is -0.385 e. The van der Waals surface area contributed by atoms with Gasteiger partial charge in [0.15, 0.2) is 0 Å². The highest BCUT2D eigenvalue weighted by molar-refractivity contribution is 5.41. The average molecular weight is 125 g/mol. The topological polar surface area (TPSA) is 12.0 Å². The van der Waals surface area contributed by atoms with E-state index in [0.29, 0.717) is 5.69 Å². The molecule has 0 aliphatic rings. The molecule has 0 bridgehead atoms. The van der Waals surface area contributed by atoms with Crippen LogP contribution in [0.25, 0.3) is 0 Å². The van der Waals surface area contributed by atoms with E-state index in [2.05, 4.69) is 5.32 Å². The highest BCUT2D eigenvalue weighted by Crippen LogP contribution is 2.02. The maximum absolute atomic E-state index is 7.30. The summed E-state index contributed by atoms with van der Waals surface area (Å²) in [6, 6.07) is 8.74. The Bertz CT molecular complexity index is 260. The van der Waals surface area contributed by atoms with E-state index in [0.717, 1.165) is 0 Å². The van der Waals surface area contributed by atoms with Crippen LogP contribution >= 0.6 is 0 Å². The van der Waals surface area contributed by atoms with Crippen molar-refractivity contribution in [3.63, 3.8) is 0 Å². The molecule has 0 fully saturated rings. The van der Waals surface area contributed by atoms with Gasteiger partial charge in [0.1, 0.15) is 0 Å². The summed E-state index contributed by atoms with van der Waals surface area (Å²) in [5.74, 6) is 0. The van der Waals surface area contributed by atoms with Crippen LogP contribution in [0.2, 0.25) is 0 Å². The third-order valence-corrected chi connectivity index (χ3v) is 0.990. The summed E-state index contributed by atoms with van der Waals surface area (Å²) in [7, 11) is 0. The third kappa shape index (κ3) is 1.76. The van der Waals surface area contributed by atoms with Gasteiger partial charge in [-0.2, -0.15) is 0 Å². The smallest absolute Gasteiger partial charge is 0.0487 e. The molecule has 48 valence electrons. The molecule has 0 aliphatic carbocycles. The quantitative estimate of drug-likeness (QED) is 0.638. The fraction of sp³-hybridized carbons (Fsp3) is 0.250. The predicted molar refractivity (Wildman–Crippen MR) is 40.6 cm³/mol. The van der Waals surface area contributed by atoms with E-state index in [1.165, 1.54) is 0 Å². The molecule has 1 N–H and O–H groups in total. The lowest BCUT2D eigenvalue weighted by atomic mass is 10.3. The van der Waals surface area contributed by atoms with Crippen LogP contribution in [0.3, 0.4) is 0 Å². The minimum atomic E-state index is -2.01. The lowest BCUT2D eigenvalue weighted by Crippen LogP contribution is -1.94. The Kier molecular flexibility index (Phi) is 0.950. The van der Waals surface area contributed by atoms with Crippen molar-refractivity contribution in [1.29, 1.82) is 0 Å². The van der Waals surface area contributed by atoms with Crippen LogP contribution in [-0.4, -0.2) is 6.50 Å². The fourth-order valence-electron chi connectivity index (χ4n) is 0.605. The van der Waals surface area contributed by atoms with Crippen LogP contribution in [0, 0.1) is 0 Å². The number of benzene rings is 1. The maximum Gasteiger partial charge on any atom is 0.0487 e. The zero-order valence-electron chi connectivity index (χ0n) is 8.96. The molecule has 0 aromatic heterocycles. The van der Waals surface area contributed by atoms with E-state index in [-0.39, 0.29) is 0 Å². The van der Waals surface area contributed by atoms with E-state index in [9.17, 15) is 0 Å². The lowest BCUT2D eigenvalue weighted by molar-refractivity contribution is 1.21. The van der Waals surface area contributed by atoms with Crippen LogP contribution in [-0.2, 0) is 0 Å². The van der Waals surface area contributed by atoms with Crippen molar-refractivity contribution >= 4 is 5.69 Å². The first-order valence-electron chi connectivity index (χ1n) is 4.85. The molecule has 0 spiro atoms. The monoisotopic (exact) mass is 125 g/mol. The summed E-state index contributed by atoms with van der Waals surface area (Å²) < 4.78 is 28.5. The van der Waals surface area contributed by atoms with E-state index in [1.54, 1.807) is 24.3 Å². The number of nitrogens with one attached hydrogen (secondary N) is 1. The maximum atomic E-state index is 7.30. The molecule has 1 aromatic carbocycles. The summed E-state index contributed by atoms with van der Waals surface area (Å²) in [6.45, 7) is -3.56. The largest absolute Gasteiger partial charge is 0.385 e. The van der Waals surface area contributed by atoms with Crippen LogP contribution in [0.1, 0.15) is 12.4 Å². The zero-order chi connectivity index (χ0) is 9.90. The second-order valence-corrected chi connectivity index (χ2v) is 1.64. The van der Waals surface area contributed by atoms with Crippen molar-refractivity contribution in [2.24, 2.45) is 0 Å². The van der Waals surface area contributed by atoms with Crippen molar-refractivity contribution in [1.82, 2.24) is 0 Å². The van der Waals surface area contributed by atoms with Gasteiger partial charge in [-0.3, -0.25) is 0 Å². The van der Waals surface area contributed by atoms with Gasteiger partial charge >= 0.3 is 0 Å². The van der Waals surface area contributed by atoms with Gasteiger partial charge in [0, 0.05) is 17.7 Å². The minimum absolute atomic E-state index is 0.581. The summed E-state index contributed by atoms with van der Waals surface area (Å²) in [5, 5.41) is 2.48. The first kappa shape index (κ1) is 2.74. The lowest BCUT2D eigenvalue weighted by Gasteiger charge is -1.99. The predicted octanol–water partition coefficient (Wildman–Crippen LogP) is 2.12. The van der Waals surface area contributed by atoms with Gasteiger partial charge in [0.25, 0.3) is 0 Å². The molecule has 1 heteroatoms. The van der Waals surface area contributed by atoms with Crippen molar-refractivity contribution in [2.45, 2.75) is 6.88 Å². The van der Waals surface area contributed by atoms with Gasteiger partial charge in [0.05, 0.1) is 0 Å². The fourth-order valence-corrected chi connectivity index (χ4v) is 0.605. The third-order valence-electron chi connectivity index (χ3n) is 0.990. The Balaban J connectivity index is 2.69. The van der Waals surface area contributed by atoms with Crippen molar-refractivity contribution < 1.29 is 5.48 Å². The molecule has 0 radical (unpaired) electrons.